The summed E-state index contributed by atoms with van der Waals surface area (Å²) >= 11 is 1.08. The zero-order valence-electron chi connectivity index (χ0n) is 34.6. The van der Waals surface area contributed by atoms with Crippen LogP contribution in [0.2, 0.25) is 0 Å². The summed E-state index contributed by atoms with van der Waals surface area (Å²) in [5.41, 5.74) is 11.6. The van der Waals surface area contributed by atoms with E-state index in [0.717, 1.165) is 102 Å². The lowest BCUT2D eigenvalue weighted by molar-refractivity contribution is 0.111. The third-order valence-corrected chi connectivity index (χ3v) is 11.9. The van der Waals surface area contributed by atoms with Crippen LogP contribution in [0.25, 0.3) is 32.2 Å². The zero-order chi connectivity index (χ0) is 40.0. The van der Waals surface area contributed by atoms with Crippen LogP contribution in [0, 0.1) is 30.0 Å². The highest BCUT2D eigenvalue weighted by molar-refractivity contribution is 7.23. The summed E-state index contributed by atoms with van der Waals surface area (Å²) in [5, 5.41) is 21.9. The van der Waals surface area contributed by atoms with Gasteiger partial charge in [0.1, 0.15) is 16.9 Å². The molecule has 7 heterocycles. The second-order valence-corrected chi connectivity index (χ2v) is 16.4. The Morgan fingerprint density at radius 2 is 1.69 bits per heavy atom. The van der Waals surface area contributed by atoms with Gasteiger partial charge in [-0.3, -0.25) is 9.88 Å². The molecule has 4 aliphatic heterocycles. The van der Waals surface area contributed by atoms with Crippen LogP contribution in [0.4, 0.5) is 21.2 Å². The number of nitrogen functional groups attached to an aromatic ring is 1. The van der Waals surface area contributed by atoms with Gasteiger partial charge in [0.05, 0.1) is 47.0 Å². The fourth-order valence-electron chi connectivity index (χ4n) is 8.57. The van der Waals surface area contributed by atoms with Crippen molar-refractivity contribution in [1.29, 1.82) is 5.26 Å². The van der Waals surface area contributed by atoms with Gasteiger partial charge in [0.25, 0.3) is 0 Å². The van der Waals surface area contributed by atoms with Crippen molar-refractivity contribution in [3.8, 4) is 17.3 Å². The molecule has 3 fully saturated rings. The number of thiophene rings is 1. The SMILES string of the molecule is CC.CCC.CCCCC.Cc1c(-c2ncc(F)c3sc(N)c(C#N)c23)c2c(c3c(N4C5CCC4CN(CC(C)O)C5)nc(N4CCC(C)C4)nc13)COC2. The summed E-state index contributed by atoms with van der Waals surface area (Å²) in [4.78, 5) is 22.5. The molecule has 2 bridgehead atoms. The summed E-state index contributed by atoms with van der Waals surface area (Å²) in [6.45, 7) is 23.9. The topological polar surface area (TPSA) is 128 Å². The Kier molecular flexibility index (Phi) is 14.7. The second kappa shape index (κ2) is 19.0. The number of pyridine rings is 1. The second-order valence-electron chi connectivity index (χ2n) is 15.4. The van der Waals surface area contributed by atoms with Crippen molar-refractivity contribution in [3.63, 3.8) is 0 Å². The van der Waals surface area contributed by atoms with Gasteiger partial charge in [0.2, 0.25) is 5.95 Å². The van der Waals surface area contributed by atoms with Gasteiger partial charge in [-0.15, -0.1) is 11.3 Å². The van der Waals surface area contributed by atoms with E-state index in [1.807, 2.05) is 20.8 Å². The molecule has 0 radical (unpaired) electrons. The predicted molar refractivity (Wildman–Crippen MR) is 226 cm³/mol. The molecule has 4 atom stereocenters. The van der Waals surface area contributed by atoms with E-state index in [-0.39, 0.29) is 28.8 Å². The van der Waals surface area contributed by atoms with Gasteiger partial charge in [-0.2, -0.15) is 10.2 Å². The van der Waals surface area contributed by atoms with Crippen molar-refractivity contribution in [2.45, 2.75) is 139 Å². The van der Waals surface area contributed by atoms with E-state index in [0.29, 0.717) is 41.5 Å². The first-order valence-corrected chi connectivity index (χ1v) is 21.5. The Hall–Kier alpha value is -3.63. The lowest BCUT2D eigenvalue weighted by Crippen LogP contribution is -2.55. The maximum absolute atomic E-state index is 15.0. The maximum atomic E-state index is 15.0. The molecule has 55 heavy (non-hydrogen) atoms. The number of nitriles is 1. The molecule has 8 rings (SSSR count). The number of hydrogen-bond acceptors (Lipinski definition) is 11. The molecule has 0 spiro atoms. The molecule has 4 unspecified atom stereocenters. The van der Waals surface area contributed by atoms with E-state index in [1.165, 1.54) is 31.9 Å². The van der Waals surface area contributed by atoms with Gasteiger partial charge in [-0.05, 0) is 55.7 Å². The number of aliphatic hydroxyl groups is 1. The molecule has 4 aromatic rings. The molecule has 300 valence electrons. The third-order valence-electron chi connectivity index (χ3n) is 10.9. The number of piperazine rings is 1. The largest absolute Gasteiger partial charge is 0.392 e. The summed E-state index contributed by atoms with van der Waals surface area (Å²) in [7, 11) is 0. The quantitative estimate of drug-likeness (QED) is 0.188. The van der Waals surface area contributed by atoms with Crippen molar-refractivity contribution in [2.24, 2.45) is 5.92 Å². The summed E-state index contributed by atoms with van der Waals surface area (Å²) in [5.74, 6) is 1.77. The number of aromatic nitrogens is 3. The number of aliphatic hydroxyl groups excluding tert-OH is 1. The minimum absolute atomic E-state index is 0.255. The van der Waals surface area contributed by atoms with Crippen LogP contribution >= 0.6 is 11.3 Å². The van der Waals surface area contributed by atoms with Gasteiger partial charge >= 0.3 is 0 Å². The molecular formula is C43H63FN8O2S. The number of anilines is 3. The number of unbranched alkanes of at least 4 members (excludes halogenated alkanes) is 2. The van der Waals surface area contributed by atoms with Crippen LogP contribution in [0.5, 0.6) is 0 Å². The van der Waals surface area contributed by atoms with Crippen LogP contribution in [0.1, 0.15) is 123 Å². The summed E-state index contributed by atoms with van der Waals surface area (Å²) < 4.78 is 21.5. The monoisotopic (exact) mass is 774 g/mol. The molecule has 12 heteroatoms. The number of nitrogens with zero attached hydrogens (tertiary/aromatic N) is 7. The van der Waals surface area contributed by atoms with Crippen molar-refractivity contribution < 1.29 is 14.2 Å². The number of hydrogen-bond donors (Lipinski definition) is 2. The molecule has 1 aromatic carbocycles. The fourth-order valence-corrected chi connectivity index (χ4v) is 9.49. The standard InChI is InChI=1S/C33H37FN8O2S.C5H12.C3H8.C2H6/c1-16-6-7-41(10-16)33-38-28-18(3)25(29-26-21(8-35)31(36)45-30(26)24(34)9-37-29)22-14-44-15-23(22)27(28)32(39-33)42-19-4-5-20(42)13-40(12-19)11-17(2)43;1-3-5-4-2;1-3-2;1-2/h9,16-17,19-20,43H,4-7,10-15,36H2,1-3H3;3-5H2,1-2H3;3H2,1-2H3;1-2H3. The Morgan fingerprint density at radius 1 is 1.04 bits per heavy atom. The first-order chi connectivity index (χ1) is 26.6. The highest BCUT2D eigenvalue weighted by atomic mass is 32.1. The molecule has 0 amide bonds. The van der Waals surface area contributed by atoms with Crippen LogP contribution < -0.4 is 15.5 Å². The average Bonchev–Trinajstić information content (AvgIpc) is 3.95. The number of aryl methyl sites for hydroxylation is 1. The molecule has 0 saturated carbocycles. The molecule has 3 aromatic heterocycles. The van der Waals surface area contributed by atoms with Crippen LogP contribution in [-0.2, 0) is 18.0 Å². The number of nitrogens with two attached hydrogens (primary N) is 1. The third kappa shape index (κ3) is 8.55. The zero-order valence-corrected chi connectivity index (χ0v) is 35.5. The van der Waals surface area contributed by atoms with Gasteiger partial charge in [0, 0.05) is 61.1 Å². The minimum atomic E-state index is -0.487. The number of fused-ring (bicyclic) bond motifs is 6. The van der Waals surface area contributed by atoms with Gasteiger partial charge in [-0.1, -0.05) is 74.1 Å². The number of benzene rings is 1. The average molecular weight is 775 g/mol. The van der Waals surface area contributed by atoms with E-state index < -0.39 is 5.82 Å². The first-order valence-electron chi connectivity index (χ1n) is 20.7. The smallest absolute Gasteiger partial charge is 0.227 e. The normalized spacial score (nSPS) is 20.7. The lowest BCUT2D eigenvalue weighted by Gasteiger charge is -2.43. The van der Waals surface area contributed by atoms with Crippen LogP contribution in [0.15, 0.2) is 6.20 Å². The Balaban J connectivity index is 0.000000525. The molecule has 3 saturated heterocycles. The van der Waals surface area contributed by atoms with Crippen molar-refractivity contribution in [2.75, 3.05) is 48.3 Å². The van der Waals surface area contributed by atoms with E-state index in [1.54, 1.807) is 0 Å². The number of β-amino-alcohol motifs (C(OH)–C–C–N with tert-alkyl or cyclic N) is 1. The lowest BCUT2D eigenvalue weighted by atomic mass is 9.89. The van der Waals surface area contributed by atoms with Gasteiger partial charge < -0.3 is 25.4 Å². The molecule has 10 nitrogen and oxygen atoms in total. The molecule has 4 aliphatic rings. The van der Waals surface area contributed by atoms with Crippen LogP contribution in [0.3, 0.4) is 0 Å². The fraction of sp³-hybridized carbons (Fsp3) is 0.628. The van der Waals surface area contributed by atoms with Crippen molar-refractivity contribution >= 4 is 49.1 Å². The minimum Gasteiger partial charge on any atom is -0.392 e. The van der Waals surface area contributed by atoms with E-state index >= 15 is 4.39 Å². The predicted octanol–water partition coefficient (Wildman–Crippen LogP) is 9.36. The Bertz CT molecular complexity index is 1960. The number of halogens is 1. The van der Waals surface area contributed by atoms with Crippen molar-refractivity contribution in [1.82, 2.24) is 19.9 Å². The molecule has 0 aliphatic carbocycles. The van der Waals surface area contributed by atoms with Crippen LogP contribution in [-0.4, -0.2) is 75.9 Å². The Morgan fingerprint density at radius 3 is 2.25 bits per heavy atom. The molecule has 3 N–H and O–H groups in total. The summed E-state index contributed by atoms with van der Waals surface area (Å²) in [6.07, 6.45) is 9.43. The number of likely N-dealkylation sites (tertiary alicyclic amines) is 1. The highest BCUT2D eigenvalue weighted by Crippen LogP contribution is 2.48. The van der Waals surface area contributed by atoms with Crippen molar-refractivity contribution in [3.05, 3.63) is 34.3 Å². The highest BCUT2D eigenvalue weighted by Gasteiger charge is 2.43. The van der Waals surface area contributed by atoms with E-state index in [2.05, 4.69) is 67.3 Å². The van der Waals surface area contributed by atoms with E-state index in [9.17, 15) is 10.4 Å². The Labute approximate surface area is 331 Å². The van der Waals surface area contributed by atoms with Gasteiger partial charge in [-0.25, -0.2) is 9.37 Å². The van der Waals surface area contributed by atoms with Gasteiger partial charge in [0.15, 0.2) is 5.82 Å². The number of ether oxygens (including phenoxy) is 1. The summed E-state index contributed by atoms with van der Waals surface area (Å²) in [6, 6.07) is 2.78. The molecular weight excluding hydrogens is 712 g/mol. The maximum Gasteiger partial charge on any atom is 0.227 e. The first kappa shape index (κ1) is 42.5. The number of rotatable bonds is 7. The van der Waals surface area contributed by atoms with E-state index in [4.69, 9.17) is 20.4 Å².